The molecule has 0 radical (unpaired) electrons. The van der Waals surface area contributed by atoms with E-state index in [9.17, 15) is 4.79 Å². The number of carbonyl (C=O) groups is 1. The zero-order valence-electron chi connectivity index (χ0n) is 7.40. The maximum Gasteiger partial charge on any atom is 0.248 e. The fourth-order valence-electron chi connectivity index (χ4n) is 1.54. The van der Waals surface area contributed by atoms with E-state index in [4.69, 9.17) is 28.9 Å². The molecule has 1 heterocycles. The first-order valence-corrected chi connectivity index (χ1v) is 4.79. The summed E-state index contributed by atoms with van der Waals surface area (Å²) >= 11 is 11.9. The summed E-state index contributed by atoms with van der Waals surface area (Å²) in [5.74, 6) is -0.289. The summed E-state index contributed by atoms with van der Waals surface area (Å²) in [5.41, 5.74) is 5.84. The van der Waals surface area contributed by atoms with E-state index in [0.29, 0.717) is 21.3 Å². The van der Waals surface area contributed by atoms with Crippen molar-refractivity contribution < 1.29 is 4.79 Å². The van der Waals surface area contributed by atoms with Crippen LogP contribution in [0.15, 0.2) is 12.1 Å². The van der Waals surface area contributed by atoms with Crippen LogP contribution in [0.1, 0.15) is 12.5 Å². The number of rotatable bonds is 0. The Balaban J connectivity index is 2.76. The molecule has 1 aliphatic heterocycles. The first-order valence-electron chi connectivity index (χ1n) is 4.03. The molecular weight excluding hydrogens is 223 g/mol. The largest absolute Gasteiger partial charge is 0.323 e. The number of nitrogens with one attached hydrogen (secondary N) is 1. The molecule has 0 aromatic heterocycles. The Morgan fingerprint density at radius 1 is 1.36 bits per heavy atom. The molecule has 3 nitrogen and oxygen atoms in total. The Hall–Kier alpha value is -0.770. The molecule has 1 atom stereocenters. The average molecular weight is 231 g/mol. The molecule has 0 fully saturated rings. The predicted octanol–water partition coefficient (Wildman–Crippen LogP) is 2.12. The van der Waals surface area contributed by atoms with Crippen molar-refractivity contribution in [3.05, 3.63) is 27.7 Å². The summed E-state index contributed by atoms with van der Waals surface area (Å²) in [5, 5.41) is 3.52. The molecular formula is C9H8Cl2N2O. The van der Waals surface area contributed by atoms with Crippen LogP contribution in [0.5, 0.6) is 0 Å². The molecule has 0 bridgehead atoms. The van der Waals surface area contributed by atoms with Crippen LogP contribution in [0.2, 0.25) is 10.0 Å². The third-order valence-electron chi connectivity index (χ3n) is 2.33. The highest BCUT2D eigenvalue weighted by atomic mass is 35.5. The van der Waals surface area contributed by atoms with Gasteiger partial charge in [-0.3, -0.25) is 4.79 Å². The summed E-state index contributed by atoms with van der Waals surface area (Å²) in [6.45, 7) is 1.61. The number of carbonyl (C=O) groups excluding carboxylic acids is 1. The molecule has 3 N–H and O–H groups in total. The first-order chi connectivity index (χ1) is 6.44. The number of amides is 1. The van der Waals surface area contributed by atoms with Crippen molar-refractivity contribution >= 4 is 34.8 Å². The minimum Gasteiger partial charge on any atom is -0.323 e. The van der Waals surface area contributed by atoms with Gasteiger partial charge in [0.25, 0.3) is 0 Å². The van der Waals surface area contributed by atoms with Crippen LogP contribution in [0.3, 0.4) is 0 Å². The normalized spacial score (nSPS) is 24.7. The second kappa shape index (κ2) is 2.86. The van der Waals surface area contributed by atoms with Gasteiger partial charge < -0.3 is 11.1 Å². The van der Waals surface area contributed by atoms with E-state index in [1.54, 1.807) is 19.1 Å². The number of benzene rings is 1. The van der Waals surface area contributed by atoms with E-state index in [0.717, 1.165) is 0 Å². The zero-order chi connectivity index (χ0) is 10.5. The van der Waals surface area contributed by atoms with Crippen molar-refractivity contribution in [2.24, 2.45) is 5.73 Å². The standard InChI is InChI=1S/C9H8Cl2N2O/c1-9(12)6-4(10)2-3-5(11)7(6)13-8(9)14/h2-3H,12H2,1H3,(H,13,14)/t9-/m0/s1. The summed E-state index contributed by atoms with van der Waals surface area (Å²) in [4.78, 5) is 11.5. The first kappa shape index (κ1) is 9.77. The van der Waals surface area contributed by atoms with Crippen LogP contribution < -0.4 is 11.1 Å². The van der Waals surface area contributed by atoms with Gasteiger partial charge in [0.1, 0.15) is 5.54 Å². The van der Waals surface area contributed by atoms with Gasteiger partial charge in [0.05, 0.1) is 10.7 Å². The lowest BCUT2D eigenvalue weighted by molar-refractivity contribution is -0.120. The monoisotopic (exact) mass is 230 g/mol. The van der Waals surface area contributed by atoms with Crippen molar-refractivity contribution in [1.29, 1.82) is 0 Å². The highest BCUT2D eigenvalue weighted by molar-refractivity contribution is 6.38. The number of hydrogen-bond acceptors (Lipinski definition) is 2. The van der Waals surface area contributed by atoms with Crippen LogP contribution in [0.4, 0.5) is 5.69 Å². The molecule has 5 heteroatoms. The van der Waals surface area contributed by atoms with Gasteiger partial charge in [0, 0.05) is 10.6 Å². The molecule has 1 amide bonds. The maximum absolute atomic E-state index is 11.5. The maximum atomic E-state index is 11.5. The van der Waals surface area contributed by atoms with Crippen LogP contribution in [-0.2, 0) is 10.3 Å². The van der Waals surface area contributed by atoms with Gasteiger partial charge in [-0.25, -0.2) is 0 Å². The minimum atomic E-state index is -1.10. The topological polar surface area (TPSA) is 55.1 Å². The second-order valence-corrected chi connectivity index (χ2v) is 4.25. The molecule has 0 saturated carbocycles. The summed E-state index contributed by atoms with van der Waals surface area (Å²) < 4.78 is 0. The number of nitrogens with two attached hydrogens (primary N) is 1. The summed E-state index contributed by atoms with van der Waals surface area (Å²) in [6.07, 6.45) is 0. The second-order valence-electron chi connectivity index (χ2n) is 3.44. The highest BCUT2D eigenvalue weighted by Gasteiger charge is 2.41. The predicted molar refractivity (Wildman–Crippen MR) is 56.6 cm³/mol. The molecule has 14 heavy (non-hydrogen) atoms. The zero-order valence-corrected chi connectivity index (χ0v) is 8.91. The number of fused-ring (bicyclic) bond motifs is 1. The summed E-state index contributed by atoms with van der Waals surface area (Å²) in [7, 11) is 0. The average Bonchev–Trinajstić information content (AvgIpc) is 2.33. The van der Waals surface area contributed by atoms with Gasteiger partial charge in [-0.05, 0) is 19.1 Å². The van der Waals surface area contributed by atoms with E-state index >= 15 is 0 Å². The van der Waals surface area contributed by atoms with E-state index in [2.05, 4.69) is 5.32 Å². The van der Waals surface area contributed by atoms with Gasteiger partial charge in [-0.15, -0.1) is 0 Å². The van der Waals surface area contributed by atoms with Gasteiger partial charge in [-0.2, -0.15) is 0 Å². The Kier molecular flexibility index (Phi) is 2.00. The van der Waals surface area contributed by atoms with Gasteiger partial charge in [0.2, 0.25) is 5.91 Å². The lowest BCUT2D eigenvalue weighted by Crippen LogP contribution is -2.40. The highest BCUT2D eigenvalue weighted by Crippen LogP contribution is 2.42. The van der Waals surface area contributed by atoms with E-state index in [1.807, 2.05) is 0 Å². The van der Waals surface area contributed by atoms with E-state index in [-0.39, 0.29) is 5.91 Å². The number of hydrogen-bond donors (Lipinski definition) is 2. The smallest absolute Gasteiger partial charge is 0.248 e. The van der Waals surface area contributed by atoms with Crippen molar-refractivity contribution in [2.45, 2.75) is 12.5 Å². The molecule has 2 rings (SSSR count). The molecule has 0 aliphatic carbocycles. The van der Waals surface area contributed by atoms with Gasteiger partial charge in [-0.1, -0.05) is 23.2 Å². The van der Waals surface area contributed by atoms with Crippen LogP contribution >= 0.6 is 23.2 Å². The Labute approximate surface area is 91.2 Å². The Morgan fingerprint density at radius 2 is 1.93 bits per heavy atom. The molecule has 0 saturated heterocycles. The van der Waals surface area contributed by atoms with Gasteiger partial charge in [0.15, 0.2) is 0 Å². The quantitative estimate of drug-likeness (QED) is 0.718. The summed E-state index contributed by atoms with van der Waals surface area (Å²) in [6, 6.07) is 3.26. The molecule has 1 aliphatic rings. The lowest BCUT2D eigenvalue weighted by atomic mass is 9.95. The number of anilines is 1. The fourth-order valence-corrected chi connectivity index (χ4v) is 2.10. The minimum absolute atomic E-state index is 0.289. The molecule has 74 valence electrons. The van der Waals surface area contributed by atoms with Crippen molar-refractivity contribution in [3.8, 4) is 0 Å². The number of halogens is 2. The lowest BCUT2D eigenvalue weighted by Gasteiger charge is -2.16. The molecule has 0 unspecified atom stereocenters. The Morgan fingerprint density at radius 3 is 2.50 bits per heavy atom. The molecule has 1 aromatic rings. The van der Waals surface area contributed by atoms with Crippen molar-refractivity contribution in [3.63, 3.8) is 0 Å². The SMILES string of the molecule is C[C@@]1(N)C(=O)Nc2c(Cl)ccc(Cl)c21. The van der Waals surface area contributed by atoms with Crippen LogP contribution in [-0.4, -0.2) is 5.91 Å². The van der Waals surface area contributed by atoms with E-state index < -0.39 is 5.54 Å². The van der Waals surface area contributed by atoms with Crippen molar-refractivity contribution in [1.82, 2.24) is 0 Å². The third kappa shape index (κ3) is 1.13. The third-order valence-corrected chi connectivity index (χ3v) is 2.96. The Bertz CT molecular complexity index is 429. The fraction of sp³-hybridized carbons (Fsp3) is 0.222. The van der Waals surface area contributed by atoms with Gasteiger partial charge >= 0.3 is 0 Å². The molecule has 0 spiro atoms. The van der Waals surface area contributed by atoms with Crippen LogP contribution in [0.25, 0.3) is 0 Å². The van der Waals surface area contributed by atoms with Crippen LogP contribution in [0, 0.1) is 0 Å². The molecule has 1 aromatic carbocycles. The van der Waals surface area contributed by atoms with E-state index in [1.165, 1.54) is 0 Å². The van der Waals surface area contributed by atoms with Crippen molar-refractivity contribution in [2.75, 3.05) is 5.32 Å².